The molecule has 1 fully saturated rings. The third kappa shape index (κ3) is 1.78. The van der Waals surface area contributed by atoms with Crippen LogP contribution in [-0.4, -0.2) is 32.8 Å². The van der Waals surface area contributed by atoms with Crippen LogP contribution in [0.3, 0.4) is 0 Å². The molecule has 0 spiro atoms. The molecule has 0 radical (unpaired) electrons. The van der Waals surface area contributed by atoms with Crippen LogP contribution in [0.5, 0.6) is 0 Å². The molecule has 0 amide bonds. The van der Waals surface area contributed by atoms with Gasteiger partial charge in [0.1, 0.15) is 0 Å². The van der Waals surface area contributed by atoms with Crippen LogP contribution in [0.15, 0.2) is 5.10 Å². The molecular formula is C10H14F3N3OS. The Hall–Kier alpha value is -0.890. The van der Waals surface area contributed by atoms with Crippen LogP contribution in [0, 0.1) is 11.8 Å². The zero-order valence-electron chi connectivity index (χ0n) is 9.74. The molecule has 1 heterocycles. The van der Waals surface area contributed by atoms with Crippen LogP contribution in [0.1, 0.15) is 26.2 Å². The molecule has 0 aromatic rings. The standard InChI is InChI=1S/C10H14F3N3OS/c1-5-2-3-7-6(4-5)9(17,10(11,12)13)16(15-7)8(14)18/h5-6,17H,2-4H2,1H3,(H2,14,18)/t5-,6+,9+/m1/s1. The van der Waals surface area contributed by atoms with Gasteiger partial charge in [-0.3, -0.25) is 0 Å². The van der Waals surface area contributed by atoms with Crippen LogP contribution in [0.25, 0.3) is 0 Å². The third-order valence-corrected chi connectivity index (χ3v) is 3.77. The number of hydrogen-bond donors (Lipinski definition) is 2. The molecule has 2 rings (SSSR count). The highest BCUT2D eigenvalue weighted by Gasteiger charge is 2.68. The summed E-state index contributed by atoms with van der Waals surface area (Å²) in [5, 5.41) is 13.6. The Morgan fingerprint density at radius 2 is 2.22 bits per heavy atom. The average Bonchev–Trinajstić information content (AvgIpc) is 2.53. The van der Waals surface area contributed by atoms with E-state index < -0.39 is 22.9 Å². The maximum absolute atomic E-state index is 13.2. The van der Waals surface area contributed by atoms with Gasteiger partial charge in [0.15, 0.2) is 5.11 Å². The highest BCUT2D eigenvalue weighted by molar-refractivity contribution is 7.80. The summed E-state index contributed by atoms with van der Waals surface area (Å²) in [6.07, 6.45) is -3.44. The molecule has 0 saturated heterocycles. The molecule has 1 saturated carbocycles. The molecule has 4 nitrogen and oxygen atoms in total. The Labute approximate surface area is 108 Å². The van der Waals surface area contributed by atoms with Crippen molar-refractivity contribution < 1.29 is 18.3 Å². The summed E-state index contributed by atoms with van der Waals surface area (Å²) < 4.78 is 39.5. The van der Waals surface area contributed by atoms with Crippen molar-refractivity contribution in [3.8, 4) is 0 Å². The largest absolute Gasteiger partial charge is 0.439 e. The van der Waals surface area contributed by atoms with Gasteiger partial charge in [-0.25, -0.2) is 0 Å². The zero-order valence-corrected chi connectivity index (χ0v) is 10.6. The lowest BCUT2D eigenvalue weighted by atomic mass is 9.76. The zero-order chi connectivity index (χ0) is 13.7. The molecule has 0 aromatic carbocycles. The fourth-order valence-electron chi connectivity index (χ4n) is 2.63. The monoisotopic (exact) mass is 281 g/mol. The lowest BCUT2D eigenvalue weighted by Crippen LogP contribution is -2.62. The Balaban J connectivity index is 2.45. The second-order valence-electron chi connectivity index (χ2n) is 4.90. The van der Waals surface area contributed by atoms with Crippen molar-refractivity contribution in [2.24, 2.45) is 22.7 Å². The molecule has 0 unspecified atom stereocenters. The number of hydrogen-bond acceptors (Lipinski definition) is 3. The number of rotatable bonds is 0. The molecule has 1 aliphatic carbocycles. The summed E-state index contributed by atoms with van der Waals surface area (Å²) in [6, 6.07) is 0. The van der Waals surface area contributed by atoms with Gasteiger partial charge in [-0.1, -0.05) is 6.92 Å². The predicted molar refractivity (Wildman–Crippen MR) is 63.6 cm³/mol. The fraction of sp³-hybridized carbons (Fsp3) is 0.800. The van der Waals surface area contributed by atoms with Crippen LogP contribution in [0.4, 0.5) is 13.2 Å². The van der Waals surface area contributed by atoms with Crippen LogP contribution in [0.2, 0.25) is 0 Å². The van der Waals surface area contributed by atoms with Gasteiger partial charge in [0, 0.05) is 5.71 Å². The van der Waals surface area contributed by atoms with Gasteiger partial charge >= 0.3 is 6.18 Å². The topological polar surface area (TPSA) is 61.8 Å². The molecule has 8 heteroatoms. The van der Waals surface area contributed by atoms with Gasteiger partial charge in [0.05, 0.1) is 5.92 Å². The van der Waals surface area contributed by atoms with E-state index >= 15 is 0 Å². The number of aliphatic hydroxyl groups is 1. The van der Waals surface area contributed by atoms with E-state index in [2.05, 4.69) is 17.3 Å². The van der Waals surface area contributed by atoms with Crippen molar-refractivity contribution >= 4 is 23.0 Å². The lowest BCUT2D eigenvalue weighted by molar-refractivity contribution is -0.310. The van der Waals surface area contributed by atoms with Crippen molar-refractivity contribution in [2.75, 3.05) is 0 Å². The van der Waals surface area contributed by atoms with Crippen molar-refractivity contribution in [2.45, 2.75) is 38.1 Å². The second kappa shape index (κ2) is 4.06. The Morgan fingerprint density at radius 1 is 1.61 bits per heavy atom. The molecule has 0 aromatic heterocycles. The number of nitrogens with two attached hydrogens (primary N) is 1. The molecular weight excluding hydrogens is 267 g/mol. The normalized spacial score (nSPS) is 36.3. The van der Waals surface area contributed by atoms with Crippen molar-refractivity contribution in [1.29, 1.82) is 0 Å². The number of nitrogens with zero attached hydrogens (tertiary/aromatic N) is 2. The van der Waals surface area contributed by atoms with Gasteiger partial charge in [-0.2, -0.15) is 23.3 Å². The Bertz CT molecular complexity index is 412. The Kier molecular flexibility index (Phi) is 3.05. The van der Waals surface area contributed by atoms with E-state index in [1.165, 1.54) is 0 Å². The van der Waals surface area contributed by atoms with Gasteiger partial charge in [-0.15, -0.1) is 0 Å². The fourth-order valence-corrected chi connectivity index (χ4v) is 2.81. The maximum Gasteiger partial charge on any atom is 0.439 e. The van der Waals surface area contributed by atoms with Crippen molar-refractivity contribution in [1.82, 2.24) is 5.01 Å². The van der Waals surface area contributed by atoms with E-state index in [4.69, 9.17) is 5.73 Å². The molecule has 2 aliphatic rings. The van der Waals surface area contributed by atoms with E-state index in [-0.39, 0.29) is 12.3 Å². The van der Waals surface area contributed by atoms with E-state index in [9.17, 15) is 18.3 Å². The highest BCUT2D eigenvalue weighted by Crippen LogP contribution is 2.48. The van der Waals surface area contributed by atoms with E-state index in [1.54, 1.807) is 0 Å². The maximum atomic E-state index is 13.2. The van der Waals surface area contributed by atoms with Crippen molar-refractivity contribution in [3.63, 3.8) is 0 Å². The minimum absolute atomic E-state index is 0.106. The highest BCUT2D eigenvalue weighted by atomic mass is 32.1. The third-order valence-electron chi connectivity index (χ3n) is 3.60. The minimum Gasteiger partial charge on any atom is -0.375 e. The molecule has 18 heavy (non-hydrogen) atoms. The number of thiocarbonyl (C=S) groups is 1. The first-order chi connectivity index (χ1) is 8.18. The summed E-state index contributed by atoms with van der Waals surface area (Å²) in [5.41, 5.74) is 2.49. The van der Waals surface area contributed by atoms with Gasteiger partial charge in [0.25, 0.3) is 5.72 Å². The second-order valence-corrected chi connectivity index (χ2v) is 5.32. The number of hydrazone groups is 1. The Morgan fingerprint density at radius 3 is 2.72 bits per heavy atom. The number of fused-ring (bicyclic) bond motifs is 1. The van der Waals surface area contributed by atoms with Gasteiger partial charge in [0.2, 0.25) is 0 Å². The molecule has 3 N–H and O–H groups in total. The number of alkyl halides is 3. The minimum atomic E-state index is -4.86. The average molecular weight is 281 g/mol. The van der Waals surface area contributed by atoms with Gasteiger partial charge in [-0.05, 0) is 37.4 Å². The van der Waals surface area contributed by atoms with Gasteiger partial charge < -0.3 is 10.8 Å². The summed E-state index contributed by atoms with van der Waals surface area (Å²) in [5.74, 6) is -0.975. The van der Waals surface area contributed by atoms with Crippen molar-refractivity contribution in [3.05, 3.63) is 0 Å². The number of halogens is 3. The summed E-state index contributed by atoms with van der Waals surface area (Å²) in [6.45, 7) is 1.86. The van der Waals surface area contributed by atoms with E-state index in [0.29, 0.717) is 17.1 Å². The van der Waals surface area contributed by atoms with E-state index in [1.807, 2.05) is 6.92 Å². The predicted octanol–water partition coefficient (Wildman–Crippen LogP) is 1.59. The van der Waals surface area contributed by atoms with Crippen LogP contribution in [-0.2, 0) is 0 Å². The molecule has 102 valence electrons. The first kappa shape index (κ1) is 13.5. The first-order valence-electron chi connectivity index (χ1n) is 5.64. The molecule has 1 aliphatic heterocycles. The molecule has 3 atom stereocenters. The summed E-state index contributed by atoms with van der Waals surface area (Å²) >= 11 is 4.56. The van der Waals surface area contributed by atoms with Crippen LogP contribution < -0.4 is 5.73 Å². The molecule has 0 bridgehead atoms. The van der Waals surface area contributed by atoms with E-state index in [0.717, 1.165) is 6.42 Å². The first-order valence-corrected chi connectivity index (χ1v) is 6.05. The summed E-state index contributed by atoms with van der Waals surface area (Å²) in [7, 11) is 0. The van der Waals surface area contributed by atoms with Crippen LogP contribution >= 0.6 is 12.2 Å². The lowest BCUT2D eigenvalue weighted by Gasteiger charge is -2.39. The quantitative estimate of drug-likeness (QED) is 0.662. The SMILES string of the molecule is C[C@@H]1CCC2=NN(C(N)=S)[C@@](O)(C(F)(F)F)[C@H]2C1. The smallest absolute Gasteiger partial charge is 0.375 e. The summed E-state index contributed by atoms with van der Waals surface area (Å²) in [4.78, 5) is 0.